The van der Waals surface area contributed by atoms with Crippen LogP contribution in [0.4, 0.5) is 11.4 Å². The Morgan fingerprint density at radius 2 is 2.07 bits per heavy atom. The highest BCUT2D eigenvalue weighted by Gasteiger charge is 2.25. The summed E-state index contributed by atoms with van der Waals surface area (Å²) in [4.78, 5) is 37.6. The van der Waals surface area contributed by atoms with Crippen LogP contribution in [0, 0.1) is 17.0 Å². The van der Waals surface area contributed by atoms with Crippen LogP contribution in [-0.4, -0.2) is 49.8 Å². The number of likely N-dealkylation sites (tertiary alicyclic amines) is 1. The van der Waals surface area contributed by atoms with Crippen LogP contribution in [0.25, 0.3) is 10.9 Å². The first-order valence-corrected chi connectivity index (χ1v) is 9.39. The summed E-state index contributed by atoms with van der Waals surface area (Å²) < 4.78 is 0. The zero-order chi connectivity index (χ0) is 20.4. The number of pyridine rings is 1. The van der Waals surface area contributed by atoms with E-state index in [1.807, 2.05) is 19.1 Å². The molecule has 0 atom stereocenters. The number of benzene rings is 1. The molecule has 0 radical (unpaired) electrons. The number of aromatic nitrogens is 3. The molecule has 0 spiro atoms. The number of non-ortho nitro benzene ring substituents is 1. The maximum atomic E-state index is 12.5. The van der Waals surface area contributed by atoms with E-state index in [2.05, 4.69) is 20.3 Å². The quantitative estimate of drug-likeness (QED) is 0.536. The number of hydrogen-bond donors (Lipinski definition) is 1. The number of para-hydroxylation sites is 1. The predicted molar refractivity (Wildman–Crippen MR) is 108 cm³/mol. The number of carbonyl (C=O) groups is 1. The van der Waals surface area contributed by atoms with E-state index in [0.717, 1.165) is 23.9 Å². The zero-order valence-corrected chi connectivity index (χ0v) is 15.9. The highest BCUT2D eigenvalue weighted by atomic mass is 16.6. The van der Waals surface area contributed by atoms with Crippen LogP contribution >= 0.6 is 0 Å². The third-order valence-electron chi connectivity index (χ3n) is 5.07. The molecule has 0 saturated carbocycles. The molecule has 1 fully saturated rings. The summed E-state index contributed by atoms with van der Waals surface area (Å²) in [5.74, 6) is -0.114. The van der Waals surface area contributed by atoms with Crippen molar-refractivity contribution in [2.75, 3.05) is 18.4 Å². The fourth-order valence-corrected chi connectivity index (χ4v) is 3.65. The summed E-state index contributed by atoms with van der Waals surface area (Å²) in [6, 6.07) is 7.04. The fraction of sp³-hybridized carbons (Fsp3) is 0.300. The number of hydrogen-bond acceptors (Lipinski definition) is 7. The standard InChI is InChI=1S/C20H20N6O3/c1-13-11-16(15-3-2-4-18(26(28)29)19(15)23-13)24-14-5-9-25(10-6-14)20(27)17-12-21-7-8-22-17/h2-4,7-8,11-12,14H,5-6,9-10H2,1H3,(H,23,24). The number of rotatable bonds is 4. The van der Waals surface area contributed by atoms with Crippen molar-refractivity contribution >= 4 is 28.2 Å². The topological polar surface area (TPSA) is 114 Å². The third-order valence-corrected chi connectivity index (χ3v) is 5.07. The van der Waals surface area contributed by atoms with Crippen LogP contribution < -0.4 is 5.32 Å². The maximum absolute atomic E-state index is 12.5. The van der Waals surface area contributed by atoms with Gasteiger partial charge in [-0.1, -0.05) is 12.1 Å². The lowest BCUT2D eigenvalue weighted by molar-refractivity contribution is -0.383. The second-order valence-electron chi connectivity index (χ2n) is 7.04. The number of fused-ring (bicyclic) bond motifs is 1. The molecule has 29 heavy (non-hydrogen) atoms. The number of anilines is 1. The summed E-state index contributed by atoms with van der Waals surface area (Å²) in [5, 5.41) is 15.6. The van der Waals surface area contributed by atoms with Gasteiger partial charge in [-0.05, 0) is 25.8 Å². The van der Waals surface area contributed by atoms with E-state index in [1.165, 1.54) is 24.7 Å². The molecule has 3 heterocycles. The van der Waals surface area contributed by atoms with Gasteiger partial charge in [-0.15, -0.1) is 0 Å². The number of carbonyl (C=O) groups excluding carboxylic acids is 1. The highest BCUT2D eigenvalue weighted by molar-refractivity contribution is 5.97. The summed E-state index contributed by atoms with van der Waals surface area (Å²) in [5.41, 5.74) is 2.27. The SMILES string of the molecule is Cc1cc(NC2CCN(C(=O)c3cnccn3)CC2)c2cccc([N+](=O)[O-])c2n1. The van der Waals surface area contributed by atoms with Crippen molar-refractivity contribution in [1.29, 1.82) is 0 Å². The van der Waals surface area contributed by atoms with Gasteiger partial charge in [0.15, 0.2) is 5.52 Å². The molecule has 1 saturated heterocycles. The molecule has 1 N–H and O–H groups in total. The van der Waals surface area contributed by atoms with Crippen molar-refractivity contribution in [3.8, 4) is 0 Å². The van der Waals surface area contributed by atoms with Gasteiger partial charge in [0.2, 0.25) is 0 Å². The molecule has 9 heteroatoms. The lowest BCUT2D eigenvalue weighted by atomic mass is 10.0. The lowest BCUT2D eigenvalue weighted by Crippen LogP contribution is -2.42. The number of nitrogens with zero attached hydrogens (tertiary/aromatic N) is 5. The molecular weight excluding hydrogens is 372 g/mol. The smallest absolute Gasteiger partial charge is 0.295 e. The highest BCUT2D eigenvalue weighted by Crippen LogP contribution is 2.31. The molecule has 4 rings (SSSR count). The number of aryl methyl sites for hydroxylation is 1. The van der Waals surface area contributed by atoms with Crippen molar-refractivity contribution in [1.82, 2.24) is 19.9 Å². The predicted octanol–water partition coefficient (Wildman–Crippen LogP) is 2.96. The minimum atomic E-state index is -0.408. The van der Waals surface area contributed by atoms with E-state index in [0.29, 0.717) is 30.0 Å². The summed E-state index contributed by atoms with van der Waals surface area (Å²) in [7, 11) is 0. The third kappa shape index (κ3) is 3.84. The zero-order valence-electron chi connectivity index (χ0n) is 15.9. The number of amides is 1. The molecule has 0 bridgehead atoms. The first kappa shape index (κ1) is 18.7. The monoisotopic (exact) mass is 392 g/mol. The Morgan fingerprint density at radius 1 is 1.28 bits per heavy atom. The first-order valence-electron chi connectivity index (χ1n) is 9.39. The minimum absolute atomic E-state index is 0.00126. The molecular formula is C20H20N6O3. The number of nitrogens with one attached hydrogen (secondary N) is 1. The van der Waals surface area contributed by atoms with E-state index < -0.39 is 4.92 Å². The molecule has 1 aliphatic rings. The van der Waals surface area contributed by atoms with Crippen LogP contribution in [0.3, 0.4) is 0 Å². The van der Waals surface area contributed by atoms with Gasteiger partial charge < -0.3 is 10.2 Å². The van der Waals surface area contributed by atoms with Crippen molar-refractivity contribution in [3.05, 3.63) is 64.4 Å². The van der Waals surface area contributed by atoms with Crippen LogP contribution in [0.2, 0.25) is 0 Å². The second kappa shape index (κ2) is 7.78. The first-order chi connectivity index (χ1) is 14.0. The van der Waals surface area contributed by atoms with Gasteiger partial charge in [-0.25, -0.2) is 9.97 Å². The largest absolute Gasteiger partial charge is 0.382 e. The molecule has 1 aromatic carbocycles. The van der Waals surface area contributed by atoms with E-state index >= 15 is 0 Å². The molecule has 2 aromatic heterocycles. The molecule has 3 aromatic rings. The Balaban J connectivity index is 1.50. The number of nitro benzene ring substituents is 1. The Labute approximate surface area is 167 Å². The van der Waals surface area contributed by atoms with Gasteiger partial charge in [-0.2, -0.15) is 0 Å². The Hall–Kier alpha value is -3.62. The molecule has 1 aliphatic heterocycles. The van der Waals surface area contributed by atoms with Gasteiger partial charge in [0.1, 0.15) is 5.69 Å². The molecule has 0 aliphatic carbocycles. The number of piperidine rings is 1. The van der Waals surface area contributed by atoms with E-state index in [9.17, 15) is 14.9 Å². The maximum Gasteiger partial charge on any atom is 0.295 e. The van der Waals surface area contributed by atoms with Crippen LogP contribution in [0.15, 0.2) is 42.9 Å². The Morgan fingerprint density at radius 3 is 2.76 bits per heavy atom. The van der Waals surface area contributed by atoms with E-state index in [4.69, 9.17) is 0 Å². The van der Waals surface area contributed by atoms with Gasteiger partial charge in [0, 0.05) is 54.4 Å². The van der Waals surface area contributed by atoms with Gasteiger partial charge in [-0.3, -0.25) is 19.9 Å². The average Bonchev–Trinajstić information content (AvgIpc) is 2.74. The van der Waals surface area contributed by atoms with E-state index in [-0.39, 0.29) is 17.6 Å². The van der Waals surface area contributed by atoms with Crippen LogP contribution in [0.1, 0.15) is 29.0 Å². The van der Waals surface area contributed by atoms with Gasteiger partial charge in [0.05, 0.1) is 11.1 Å². The lowest BCUT2D eigenvalue weighted by Gasteiger charge is -2.33. The van der Waals surface area contributed by atoms with E-state index in [1.54, 1.807) is 11.0 Å². The summed E-state index contributed by atoms with van der Waals surface area (Å²) in [6.07, 6.45) is 6.06. The molecule has 0 unspecified atom stereocenters. The minimum Gasteiger partial charge on any atom is -0.382 e. The Kier molecular flexibility index (Phi) is 5.03. The van der Waals surface area contributed by atoms with Gasteiger partial charge >= 0.3 is 0 Å². The number of nitro groups is 1. The summed E-state index contributed by atoms with van der Waals surface area (Å²) in [6.45, 7) is 3.04. The average molecular weight is 392 g/mol. The normalized spacial score (nSPS) is 14.7. The van der Waals surface area contributed by atoms with Crippen molar-refractivity contribution in [2.24, 2.45) is 0 Å². The van der Waals surface area contributed by atoms with Crippen molar-refractivity contribution in [3.63, 3.8) is 0 Å². The second-order valence-corrected chi connectivity index (χ2v) is 7.04. The molecule has 9 nitrogen and oxygen atoms in total. The van der Waals surface area contributed by atoms with Gasteiger partial charge in [0.25, 0.3) is 11.6 Å². The van der Waals surface area contributed by atoms with Crippen LogP contribution in [-0.2, 0) is 0 Å². The summed E-state index contributed by atoms with van der Waals surface area (Å²) >= 11 is 0. The van der Waals surface area contributed by atoms with Crippen LogP contribution in [0.5, 0.6) is 0 Å². The van der Waals surface area contributed by atoms with Crippen molar-refractivity contribution in [2.45, 2.75) is 25.8 Å². The molecule has 148 valence electrons. The fourth-order valence-electron chi connectivity index (χ4n) is 3.65. The molecule has 1 amide bonds. The van der Waals surface area contributed by atoms with Crippen molar-refractivity contribution < 1.29 is 9.72 Å². The Bertz CT molecular complexity index is 1060.